The first-order valence-electron chi connectivity index (χ1n) is 7.34. The van der Waals surface area contributed by atoms with Crippen LogP contribution in [0.4, 0.5) is 15.8 Å². The average molecular weight is 288 g/mol. The van der Waals surface area contributed by atoms with Crippen molar-refractivity contribution in [3.8, 4) is 0 Å². The molecule has 0 saturated carbocycles. The van der Waals surface area contributed by atoms with Gasteiger partial charge in [0.1, 0.15) is 0 Å². The van der Waals surface area contributed by atoms with Gasteiger partial charge in [0.2, 0.25) is 0 Å². The van der Waals surface area contributed by atoms with E-state index >= 15 is 0 Å². The number of nitrogens with one attached hydrogen (secondary N) is 1. The number of halogens is 1. The normalized spacial score (nSPS) is 23.4. The predicted molar refractivity (Wildman–Crippen MR) is 84.8 cm³/mol. The van der Waals surface area contributed by atoms with Gasteiger partial charge in [-0.25, -0.2) is 4.39 Å². The average Bonchev–Trinajstić information content (AvgIpc) is 2.45. The lowest BCUT2D eigenvalue weighted by Crippen LogP contribution is -2.43. The summed E-state index contributed by atoms with van der Waals surface area (Å²) in [4.78, 5) is 6.62. The molecule has 1 saturated heterocycles. The second-order valence-electron chi connectivity index (χ2n) is 6.00. The maximum Gasteiger partial charge on any atom is 0.150 e. The fraction of sp³-hybridized carbons (Fsp3) is 0.438. The van der Waals surface area contributed by atoms with Crippen LogP contribution < -0.4 is 11.1 Å². The Hall–Kier alpha value is -1.88. The van der Waals surface area contributed by atoms with Crippen LogP contribution >= 0.6 is 0 Å². The van der Waals surface area contributed by atoms with E-state index in [4.69, 9.17) is 5.73 Å². The van der Waals surface area contributed by atoms with Crippen molar-refractivity contribution in [1.29, 1.82) is 0 Å². The van der Waals surface area contributed by atoms with Gasteiger partial charge in [0.05, 0.1) is 11.2 Å². The van der Waals surface area contributed by atoms with Gasteiger partial charge in [-0.3, -0.25) is 4.98 Å². The van der Waals surface area contributed by atoms with E-state index in [2.05, 4.69) is 29.2 Å². The molecule has 0 aliphatic carbocycles. The minimum atomic E-state index is -0.329. The molecule has 2 unspecified atom stereocenters. The largest absolute Gasteiger partial charge is 0.398 e. The number of anilines is 2. The van der Waals surface area contributed by atoms with Crippen LogP contribution in [0.1, 0.15) is 13.3 Å². The highest BCUT2D eigenvalue weighted by molar-refractivity contribution is 5.98. The molecule has 1 aliphatic heterocycles. The van der Waals surface area contributed by atoms with E-state index in [9.17, 15) is 4.39 Å². The summed E-state index contributed by atoms with van der Waals surface area (Å²) in [5.74, 6) is 0.129. The Balaban J connectivity index is 1.97. The van der Waals surface area contributed by atoms with E-state index in [0.717, 1.165) is 24.9 Å². The Morgan fingerprint density at radius 2 is 2.29 bits per heavy atom. The number of benzene rings is 1. The third-order valence-corrected chi connectivity index (χ3v) is 4.31. The molecule has 4 nitrogen and oxygen atoms in total. The van der Waals surface area contributed by atoms with Crippen molar-refractivity contribution in [2.45, 2.75) is 19.4 Å². The van der Waals surface area contributed by atoms with Gasteiger partial charge in [-0.05, 0) is 44.1 Å². The predicted octanol–water partition coefficient (Wildman–Crippen LogP) is 2.71. The second-order valence-corrected chi connectivity index (χ2v) is 6.00. The van der Waals surface area contributed by atoms with Gasteiger partial charge < -0.3 is 16.0 Å². The van der Waals surface area contributed by atoms with Gasteiger partial charge in [-0.2, -0.15) is 0 Å². The lowest BCUT2D eigenvalue weighted by molar-refractivity contribution is 0.206. The minimum absolute atomic E-state index is 0.254. The van der Waals surface area contributed by atoms with E-state index in [-0.39, 0.29) is 11.9 Å². The molecule has 2 aromatic rings. The summed E-state index contributed by atoms with van der Waals surface area (Å²) in [6, 6.07) is 5.33. The molecule has 5 heteroatoms. The molecule has 0 radical (unpaired) electrons. The van der Waals surface area contributed by atoms with E-state index in [1.54, 1.807) is 6.20 Å². The lowest BCUT2D eigenvalue weighted by atomic mass is 9.93. The Kier molecular flexibility index (Phi) is 3.68. The number of nitrogens with two attached hydrogens (primary N) is 1. The molecule has 21 heavy (non-hydrogen) atoms. The first-order valence-corrected chi connectivity index (χ1v) is 7.34. The molecule has 1 aromatic carbocycles. The quantitative estimate of drug-likeness (QED) is 0.834. The Labute approximate surface area is 124 Å². The third-order valence-electron chi connectivity index (χ3n) is 4.31. The highest BCUT2D eigenvalue weighted by atomic mass is 19.1. The highest BCUT2D eigenvalue weighted by Gasteiger charge is 2.25. The molecule has 1 fully saturated rings. The van der Waals surface area contributed by atoms with Gasteiger partial charge in [-0.1, -0.05) is 6.92 Å². The fourth-order valence-corrected chi connectivity index (χ4v) is 3.13. The smallest absolute Gasteiger partial charge is 0.150 e. The number of likely N-dealkylation sites (tertiary alicyclic amines) is 1. The Bertz CT molecular complexity index is 658. The number of hydrogen-bond acceptors (Lipinski definition) is 4. The van der Waals surface area contributed by atoms with Crippen LogP contribution in [0, 0.1) is 11.7 Å². The van der Waals surface area contributed by atoms with Gasteiger partial charge in [0, 0.05) is 29.9 Å². The molecule has 3 rings (SSSR count). The molecule has 2 atom stereocenters. The van der Waals surface area contributed by atoms with Crippen molar-refractivity contribution in [2.24, 2.45) is 5.92 Å². The number of piperidine rings is 1. The van der Waals surface area contributed by atoms with Crippen molar-refractivity contribution in [3.63, 3.8) is 0 Å². The standard InChI is InChI=1S/C16H21FN4/c1-10-9-21(2)7-5-14(10)20-16-12(17)8-13(18)11-4-3-6-19-15(11)16/h3-4,6,8,10,14,20H,5,7,9,18H2,1-2H3. The van der Waals surface area contributed by atoms with Crippen LogP contribution in [-0.2, 0) is 0 Å². The van der Waals surface area contributed by atoms with Crippen molar-refractivity contribution < 1.29 is 4.39 Å². The van der Waals surface area contributed by atoms with Crippen LogP contribution in [0.15, 0.2) is 24.4 Å². The molecule has 0 spiro atoms. The van der Waals surface area contributed by atoms with Gasteiger partial charge in [0.15, 0.2) is 5.82 Å². The monoisotopic (exact) mass is 288 g/mol. The maximum atomic E-state index is 14.3. The van der Waals surface area contributed by atoms with Crippen molar-refractivity contribution in [2.75, 3.05) is 31.2 Å². The SMILES string of the molecule is CC1CN(C)CCC1Nc1c(F)cc(N)c2cccnc12. The van der Waals surface area contributed by atoms with E-state index in [1.165, 1.54) is 6.07 Å². The number of aromatic nitrogens is 1. The summed E-state index contributed by atoms with van der Waals surface area (Å²) in [5, 5.41) is 4.16. The summed E-state index contributed by atoms with van der Waals surface area (Å²) in [5.41, 5.74) is 7.40. The number of rotatable bonds is 2. The lowest BCUT2D eigenvalue weighted by Gasteiger charge is -2.36. The molecular weight excluding hydrogens is 267 g/mol. The molecule has 1 aliphatic rings. The first kappa shape index (κ1) is 14.1. The molecule has 1 aromatic heterocycles. The van der Waals surface area contributed by atoms with Gasteiger partial charge >= 0.3 is 0 Å². The van der Waals surface area contributed by atoms with E-state index in [0.29, 0.717) is 22.8 Å². The van der Waals surface area contributed by atoms with Crippen LogP contribution in [0.5, 0.6) is 0 Å². The van der Waals surface area contributed by atoms with Crippen molar-refractivity contribution in [3.05, 3.63) is 30.2 Å². The Morgan fingerprint density at radius 3 is 3.05 bits per heavy atom. The summed E-state index contributed by atoms with van der Waals surface area (Å²) in [6.45, 7) is 4.22. The summed E-state index contributed by atoms with van der Waals surface area (Å²) in [6.07, 6.45) is 2.67. The molecule has 112 valence electrons. The van der Waals surface area contributed by atoms with E-state index < -0.39 is 0 Å². The first-order chi connectivity index (χ1) is 10.1. The second kappa shape index (κ2) is 5.48. The summed E-state index contributed by atoms with van der Waals surface area (Å²) < 4.78 is 14.3. The number of pyridine rings is 1. The topological polar surface area (TPSA) is 54.2 Å². The number of hydrogen-bond donors (Lipinski definition) is 2. The molecule has 0 amide bonds. The number of nitrogens with zero attached hydrogens (tertiary/aromatic N) is 2. The van der Waals surface area contributed by atoms with Crippen LogP contribution in [0.25, 0.3) is 10.9 Å². The third kappa shape index (κ3) is 2.65. The molecule has 0 bridgehead atoms. The van der Waals surface area contributed by atoms with Crippen LogP contribution in [0.2, 0.25) is 0 Å². The molecule has 3 N–H and O–H groups in total. The summed E-state index contributed by atoms with van der Waals surface area (Å²) >= 11 is 0. The number of nitrogen functional groups attached to an aromatic ring is 1. The van der Waals surface area contributed by atoms with Crippen LogP contribution in [-0.4, -0.2) is 36.1 Å². The Morgan fingerprint density at radius 1 is 1.48 bits per heavy atom. The van der Waals surface area contributed by atoms with E-state index in [1.807, 2.05) is 12.1 Å². The van der Waals surface area contributed by atoms with Crippen molar-refractivity contribution in [1.82, 2.24) is 9.88 Å². The molecular formula is C16H21FN4. The van der Waals surface area contributed by atoms with Gasteiger partial charge in [0.25, 0.3) is 0 Å². The minimum Gasteiger partial charge on any atom is -0.398 e. The molecule has 2 heterocycles. The van der Waals surface area contributed by atoms with Crippen LogP contribution in [0.3, 0.4) is 0 Å². The zero-order chi connectivity index (χ0) is 15.0. The highest BCUT2D eigenvalue weighted by Crippen LogP contribution is 2.31. The maximum absolute atomic E-state index is 14.3. The van der Waals surface area contributed by atoms with Crippen molar-refractivity contribution >= 4 is 22.3 Å². The zero-order valence-electron chi connectivity index (χ0n) is 12.4. The fourth-order valence-electron chi connectivity index (χ4n) is 3.13. The van der Waals surface area contributed by atoms with Gasteiger partial charge in [-0.15, -0.1) is 0 Å². The zero-order valence-corrected chi connectivity index (χ0v) is 12.4. The summed E-state index contributed by atoms with van der Waals surface area (Å²) in [7, 11) is 2.12. The number of fused-ring (bicyclic) bond motifs is 1.